The zero-order valence-electron chi connectivity index (χ0n) is 16.9. The number of allylic oxidation sites excluding steroid dienone is 3. The van der Waals surface area contributed by atoms with E-state index in [1.54, 1.807) is 19.3 Å². The van der Waals surface area contributed by atoms with Crippen molar-refractivity contribution in [1.82, 2.24) is 4.98 Å². The van der Waals surface area contributed by atoms with Crippen molar-refractivity contribution in [2.24, 2.45) is 0 Å². The van der Waals surface area contributed by atoms with Crippen LogP contribution in [0.15, 0.2) is 72.8 Å². The maximum Gasteiger partial charge on any atom is 0.187 e. The molecule has 0 spiro atoms. The summed E-state index contributed by atoms with van der Waals surface area (Å²) < 4.78 is 11.1. The molecule has 5 heteroatoms. The highest BCUT2D eigenvalue weighted by Crippen LogP contribution is 2.33. The number of carbonyl (C=O) groups is 2. The smallest absolute Gasteiger partial charge is 0.187 e. The molecule has 0 saturated carbocycles. The quantitative estimate of drug-likeness (QED) is 0.595. The molecule has 2 aromatic carbocycles. The van der Waals surface area contributed by atoms with Gasteiger partial charge in [0.2, 0.25) is 0 Å². The van der Waals surface area contributed by atoms with Crippen LogP contribution < -0.4 is 9.47 Å². The summed E-state index contributed by atoms with van der Waals surface area (Å²) in [6, 6.07) is 16.5. The van der Waals surface area contributed by atoms with Gasteiger partial charge in [0.25, 0.3) is 0 Å². The van der Waals surface area contributed by atoms with Crippen molar-refractivity contribution in [2.75, 3.05) is 7.11 Å². The van der Waals surface area contributed by atoms with Crippen molar-refractivity contribution in [3.8, 4) is 17.2 Å². The summed E-state index contributed by atoms with van der Waals surface area (Å²) in [6.07, 6.45) is 7.66. The molecule has 1 aromatic heterocycles. The second-order valence-corrected chi connectivity index (χ2v) is 7.44. The summed E-state index contributed by atoms with van der Waals surface area (Å²) in [5.74, 6) is 1.43. The van der Waals surface area contributed by atoms with E-state index < -0.39 is 5.92 Å². The van der Waals surface area contributed by atoms with Crippen LogP contribution in [0.5, 0.6) is 17.2 Å². The average Bonchev–Trinajstić information content (AvgIpc) is 2.79. The number of aromatic nitrogens is 1. The van der Waals surface area contributed by atoms with Crippen molar-refractivity contribution < 1.29 is 19.1 Å². The maximum atomic E-state index is 13.3. The van der Waals surface area contributed by atoms with E-state index >= 15 is 0 Å². The molecule has 31 heavy (non-hydrogen) atoms. The molecule has 1 unspecified atom stereocenters. The van der Waals surface area contributed by atoms with Crippen molar-refractivity contribution in [2.45, 2.75) is 12.3 Å². The van der Waals surface area contributed by atoms with Crippen molar-refractivity contribution >= 4 is 17.6 Å². The van der Waals surface area contributed by atoms with Gasteiger partial charge < -0.3 is 9.47 Å². The number of fused-ring (bicyclic) bond motifs is 2. The molecule has 0 aliphatic heterocycles. The Balaban J connectivity index is 1.43. The summed E-state index contributed by atoms with van der Waals surface area (Å²) >= 11 is 0. The van der Waals surface area contributed by atoms with Gasteiger partial charge in [-0.05, 0) is 60.2 Å². The Bertz CT molecular complexity index is 1250. The standard InChI is InChI=1S/C26H19NO4/c1-30-17-8-10-18(11-9-17)31-19-5-2-4-16(14-19)20-12-13-24-22(26(20)29)15-21-23(27-24)6-3-7-25(21)28/h2-5,7-15,20H,6H2,1H3. The van der Waals surface area contributed by atoms with Crippen LogP contribution in [0.1, 0.15) is 43.6 Å². The average molecular weight is 409 g/mol. The van der Waals surface area contributed by atoms with Gasteiger partial charge in [-0.2, -0.15) is 0 Å². The third-order valence-electron chi connectivity index (χ3n) is 5.48. The van der Waals surface area contributed by atoms with E-state index in [4.69, 9.17) is 9.47 Å². The van der Waals surface area contributed by atoms with Gasteiger partial charge >= 0.3 is 0 Å². The number of nitrogens with zero attached hydrogens (tertiary/aromatic N) is 1. The van der Waals surface area contributed by atoms with Crippen LogP contribution in [0, 0.1) is 0 Å². The van der Waals surface area contributed by atoms with Gasteiger partial charge in [0.1, 0.15) is 17.2 Å². The van der Waals surface area contributed by atoms with E-state index in [0.717, 1.165) is 17.0 Å². The Morgan fingerprint density at radius 2 is 1.71 bits per heavy atom. The molecule has 2 aliphatic rings. The minimum Gasteiger partial charge on any atom is -0.497 e. The first kappa shape index (κ1) is 19.0. The normalized spacial score (nSPS) is 16.6. The van der Waals surface area contributed by atoms with Gasteiger partial charge in [0.15, 0.2) is 11.6 Å². The lowest BCUT2D eigenvalue weighted by Gasteiger charge is -2.21. The van der Waals surface area contributed by atoms with Crippen molar-refractivity contribution in [3.05, 3.63) is 101 Å². The number of hydrogen-bond donors (Lipinski definition) is 0. The van der Waals surface area contributed by atoms with Crippen molar-refractivity contribution in [3.63, 3.8) is 0 Å². The molecular formula is C26H19NO4. The predicted molar refractivity (Wildman–Crippen MR) is 117 cm³/mol. The van der Waals surface area contributed by atoms with Gasteiger partial charge in [-0.1, -0.05) is 24.3 Å². The van der Waals surface area contributed by atoms with Crippen LogP contribution in [-0.4, -0.2) is 23.7 Å². The third-order valence-corrected chi connectivity index (χ3v) is 5.48. The van der Waals surface area contributed by atoms with Gasteiger partial charge in [0, 0.05) is 17.5 Å². The molecular weight excluding hydrogens is 390 g/mol. The number of rotatable bonds is 4. The van der Waals surface area contributed by atoms with E-state index in [1.807, 2.05) is 60.7 Å². The first-order chi connectivity index (χ1) is 15.1. The maximum absolute atomic E-state index is 13.3. The van der Waals surface area contributed by atoms with Crippen LogP contribution in [0.2, 0.25) is 0 Å². The molecule has 152 valence electrons. The number of Topliss-reactive ketones (excluding diaryl/α,β-unsaturated/α-hetero) is 1. The molecule has 5 nitrogen and oxygen atoms in total. The number of benzene rings is 2. The summed E-state index contributed by atoms with van der Waals surface area (Å²) in [5, 5.41) is 0. The molecule has 3 aromatic rings. The molecule has 0 saturated heterocycles. The van der Waals surface area contributed by atoms with Crippen LogP contribution in [0.25, 0.3) is 6.08 Å². The highest BCUT2D eigenvalue weighted by atomic mass is 16.5. The lowest BCUT2D eigenvalue weighted by molar-refractivity contribution is 0.0974. The van der Waals surface area contributed by atoms with Gasteiger partial charge in [-0.3, -0.25) is 14.6 Å². The number of ketones is 2. The molecule has 0 N–H and O–H groups in total. The Morgan fingerprint density at radius 3 is 2.52 bits per heavy atom. The summed E-state index contributed by atoms with van der Waals surface area (Å²) in [5.41, 5.74) is 3.16. The van der Waals surface area contributed by atoms with E-state index in [0.29, 0.717) is 34.7 Å². The Hall–Kier alpha value is -3.99. The van der Waals surface area contributed by atoms with Crippen LogP contribution in [0.4, 0.5) is 0 Å². The molecule has 0 bridgehead atoms. The number of ether oxygens (including phenoxy) is 2. The summed E-state index contributed by atoms with van der Waals surface area (Å²) in [7, 11) is 1.62. The molecule has 0 fully saturated rings. The Labute approximate surface area is 179 Å². The Kier molecular flexibility index (Phi) is 4.71. The summed E-state index contributed by atoms with van der Waals surface area (Å²) in [4.78, 5) is 30.0. The van der Waals surface area contributed by atoms with Gasteiger partial charge in [-0.15, -0.1) is 0 Å². The van der Waals surface area contributed by atoms with E-state index in [2.05, 4.69) is 4.98 Å². The number of carbonyl (C=O) groups excluding carboxylic acids is 2. The first-order valence-corrected chi connectivity index (χ1v) is 10.0. The molecule has 5 rings (SSSR count). The fourth-order valence-electron chi connectivity index (χ4n) is 3.88. The molecule has 2 aliphatic carbocycles. The van der Waals surface area contributed by atoms with Crippen LogP contribution >= 0.6 is 0 Å². The highest BCUT2D eigenvalue weighted by Gasteiger charge is 2.28. The van der Waals surface area contributed by atoms with Crippen LogP contribution in [-0.2, 0) is 6.42 Å². The lowest BCUT2D eigenvalue weighted by atomic mass is 9.84. The Morgan fingerprint density at radius 1 is 0.903 bits per heavy atom. The predicted octanol–water partition coefficient (Wildman–Crippen LogP) is 5.17. The topological polar surface area (TPSA) is 65.5 Å². The fraction of sp³-hybridized carbons (Fsp3) is 0.115. The minimum atomic E-state index is -0.457. The zero-order valence-corrected chi connectivity index (χ0v) is 16.9. The van der Waals surface area contributed by atoms with Gasteiger partial charge in [-0.25, -0.2) is 0 Å². The van der Waals surface area contributed by atoms with Gasteiger partial charge in [0.05, 0.1) is 24.4 Å². The second-order valence-electron chi connectivity index (χ2n) is 7.44. The van der Waals surface area contributed by atoms with E-state index in [-0.39, 0.29) is 11.6 Å². The SMILES string of the molecule is COc1ccc(Oc2cccc(C3C=Cc4nc5c(cc4C3=O)C(=O)C=CC5)c2)cc1. The lowest BCUT2D eigenvalue weighted by Crippen LogP contribution is -2.19. The monoisotopic (exact) mass is 409 g/mol. The van der Waals surface area contributed by atoms with E-state index in [9.17, 15) is 9.59 Å². The second kappa shape index (κ2) is 7.69. The third kappa shape index (κ3) is 3.55. The van der Waals surface area contributed by atoms with Crippen molar-refractivity contribution in [1.29, 1.82) is 0 Å². The molecule has 1 atom stereocenters. The number of pyridine rings is 1. The van der Waals surface area contributed by atoms with E-state index in [1.165, 1.54) is 6.08 Å². The number of methoxy groups -OCH3 is 1. The zero-order chi connectivity index (χ0) is 21.4. The highest BCUT2D eigenvalue weighted by molar-refractivity contribution is 6.11. The number of hydrogen-bond acceptors (Lipinski definition) is 5. The summed E-state index contributed by atoms with van der Waals surface area (Å²) in [6.45, 7) is 0. The minimum absolute atomic E-state index is 0.0725. The largest absolute Gasteiger partial charge is 0.497 e. The fourth-order valence-corrected chi connectivity index (χ4v) is 3.88. The van der Waals surface area contributed by atoms with Crippen LogP contribution in [0.3, 0.4) is 0 Å². The first-order valence-electron chi connectivity index (χ1n) is 10.0. The molecule has 0 radical (unpaired) electrons. The molecule has 1 heterocycles. The molecule has 0 amide bonds.